The predicted molar refractivity (Wildman–Crippen MR) is 79.1 cm³/mol. The van der Waals surface area contributed by atoms with E-state index in [1.807, 2.05) is 18.2 Å². The molecule has 0 unspecified atom stereocenters. The standard InChI is InChI=1S/C17H23NO/c1-3-9-17(10-11-17)14-18-13-15-7-5-6-8-16(15)19-12-4-2/h2,5-8,18H,3,9-14H2,1H3. The Labute approximate surface area is 116 Å². The van der Waals surface area contributed by atoms with E-state index in [0.29, 0.717) is 12.0 Å². The van der Waals surface area contributed by atoms with Crippen LogP contribution in [0.4, 0.5) is 0 Å². The molecule has 0 aromatic heterocycles. The SMILES string of the molecule is C#CCOc1ccccc1CNCC1(CCC)CC1. The summed E-state index contributed by atoms with van der Waals surface area (Å²) in [7, 11) is 0. The third-order valence-corrected chi connectivity index (χ3v) is 3.84. The summed E-state index contributed by atoms with van der Waals surface area (Å²) in [5, 5.41) is 3.57. The van der Waals surface area contributed by atoms with E-state index in [1.54, 1.807) is 0 Å². The Morgan fingerprint density at radius 2 is 2.16 bits per heavy atom. The highest BCUT2D eigenvalue weighted by Gasteiger charge is 2.40. The lowest BCUT2D eigenvalue weighted by atomic mass is 10.0. The smallest absolute Gasteiger partial charge is 0.148 e. The molecule has 1 aromatic rings. The van der Waals surface area contributed by atoms with Gasteiger partial charge in [-0.25, -0.2) is 0 Å². The Morgan fingerprint density at radius 1 is 1.37 bits per heavy atom. The summed E-state index contributed by atoms with van der Waals surface area (Å²) in [6.45, 7) is 4.57. The molecule has 1 aromatic carbocycles. The van der Waals surface area contributed by atoms with Crippen LogP contribution in [-0.2, 0) is 6.54 Å². The van der Waals surface area contributed by atoms with Crippen LogP contribution in [0.15, 0.2) is 24.3 Å². The number of benzene rings is 1. The van der Waals surface area contributed by atoms with Crippen molar-refractivity contribution in [2.75, 3.05) is 13.2 Å². The fourth-order valence-corrected chi connectivity index (χ4v) is 2.59. The molecular weight excluding hydrogens is 234 g/mol. The highest BCUT2D eigenvalue weighted by Crippen LogP contribution is 2.48. The van der Waals surface area contributed by atoms with Crippen molar-refractivity contribution in [2.24, 2.45) is 5.41 Å². The van der Waals surface area contributed by atoms with E-state index in [2.05, 4.69) is 24.2 Å². The molecule has 0 radical (unpaired) electrons. The molecule has 0 saturated heterocycles. The van der Waals surface area contributed by atoms with Crippen molar-refractivity contribution in [2.45, 2.75) is 39.2 Å². The van der Waals surface area contributed by atoms with Crippen molar-refractivity contribution in [3.8, 4) is 18.1 Å². The van der Waals surface area contributed by atoms with Crippen LogP contribution in [0.25, 0.3) is 0 Å². The zero-order valence-electron chi connectivity index (χ0n) is 11.7. The number of ether oxygens (including phenoxy) is 1. The zero-order chi connectivity index (χ0) is 13.6. The summed E-state index contributed by atoms with van der Waals surface area (Å²) < 4.78 is 5.56. The number of terminal acetylenes is 1. The highest BCUT2D eigenvalue weighted by molar-refractivity contribution is 5.33. The summed E-state index contributed by atoms with van der Waals surface area (Å²) in [6.07, 6.45) is 10.6. The van der Waals surface area contributed by atoms with Crippen LogP contribution in [0, 0.1) is 17.8 Å². The van der Waals surface area contributed by atoms with Crippen LogP contribution < -0.4 is 10.1 Å². The first-order valence-corrected chi connectivity index (χ1v) is 7.14. The van der Waals surface area contributed by atoms with Crippen LogP contribution in [0.2, 0.25) is 0 Å². The maximum absolute atomic E-state index is 5.56. The Balaban J connectivity index is 1.84. The third-order valence-electron chi connectivity index (χ3n) is 3.84. The average Bonchev–Trinajstić information content (AvgIpc) is 3.18. The monoisotopic (exact) mass is 257 g/mol. The molecule has 0 amide bonds. The second-order valence-corrected chi connectivity index (χ2v) is 5.45. The first kappa shape index (κ1) is 14.0. The average molecular weight is 257 g/mol. The molecule has 102 valence electrons. The molecule has 0 heterocycles. The van der Waals surface area contributed by atoms with Crippen molar-refractivity contribution in [1.29, 1.82) is 0 Å². The lowest BCUT2D eigenvalue weighted by Crippen LogP contribution is -2.23. The minimum Gasteiger partial charge on any atom is -0.481 e. The second-order valence-electron chi connectivity index (χ2n) is 5.45. The molecule has 2 nitrogen and oxygen atoms in total. The van der Waals surface area contributed by atoms with E-state index in [4.69, 9.17) is 11.2 Å². The van der Waals surface area contributed by atoms with E-state index in [0.717, 1.165) is 18.8 Å². The van der Waals surface area contributed by atoms with Gasteiger partial charge in [0.05, 0.1) is 0 Å². The van der Waals surface area contributed by atoms with E-state index >= 15 is 0 Å². The van der Waals surface area contributed by atoms with Gasteiger partial charge in [-0.1, -0.05) is 37.5 Å². The molecule has 0 bridgehead atoms. The maximum Gasteiger partial charge on any atom is 0.148 e. The molecule has 1 fully saturated rings. The Morgan fingerprint density at radius 3 is 2.84 bits per heavy atom. The number of hydrogen-bond acceptors (Lipinski definition) is 2. The Kier molecular flexibility index (Phi) is 4.87. The zero-order valence-corrected chi connectivity index (χ0v) is 11.7. The Bertz CT molecular complexity index is 443. The molecule has 1 aliphatic carbocycles. The fourth-order valence-electron chi connectivity index (χ4n) is 2.59. The van der Waals surface area contributed by atoms with Crippen LogP contribution >= 0.6 is 0 Å². The molecular formula is C17H23NO. The van der Waals surface area contributed by atoms with Crippen molar-refractivity contribution >= 4 is 0 Å². The van der Waals surface area contributed by atoms with Crippen molar-refractivity contribution in [1.82, 2.24) is 5.32 Å². The number of nitrogens with one attached hydrogen (secondary N) is 1. The number of rotatable bonds is 8. The predicted octanol–water partition coefficient (Wildman–Crippen LogP) is 3.37. The number of hydrogen-bond donors (Lipinski definition) is 1. The second kappa shape index (κ2) is 6.63. The summed E-state index contributed by atoms with van der Waals surface area (Å²) in [4.78, 5) is 0. The molecule has 0 atom stereocenters. The topological polar surface area (TPSA) is 21.3 Å². The summed E-state index contributed by atoms with van der Waals surface area (Å²) in [6, 6.07) is 8.10. The highest BCUT2D eigenvalue weighted by atomic mass is 16.5. The molecule has 19 heavy (non-hydrogen) atoms. The first-order valence-electron chi connectivity index (χ1n) is 7.14. The van der Waals surface area contributed by atoms with Gasteiger partial charge in [0.25, 0.3) is 0 Å². The molecule has 0 spiro atoms. The fraction of sp³-hybridized carbons (Fsp3) is 0.529. The summed E-state index contributed by atoms with van der Waals surface area (Å²) in [5.41, 5.74) is 1.77. The van der Waals surface area contributed by atoms with Crippen molar-refractivity contribution in [3.63, 3.8) is 0 Å². The minimum absolute atomic E-state index is 0.330. The van der Waals surface area contributed by atoms with Crippen LogP contribution in [-0.4, -0.2) is 13.2 Å². The van der Waals surface area contributed by atoms with E-state index < -0.39 is 0 Å². The van der Waals surface area contributed by atoms with Gasteiger partial charge in [0.1, 0.15) is 12.4 Å². The summed E-state index contributed by atoms with van der Waals surface area (Å²) in [5.74, 6) is 3.40. The quantitative estimate of drug-likeness (QED) is 0.721. The van der Waals surface area contributed by atoms with E-state index in [1.165, 1.54) is 31.2 Å². The van der Waals surface area contributed by atoms with Gasteiger partial charge in [0.2, 0.25) is 0 Å². The maximum atomic E-state index is 5.56. The van der Waals surface area contributed by atoms with Gasteiger partial charge in [0.15, 0.2) is 0 Å². The molecule has 0 aliphatic heterocycles. The van der Waals surface area contributed by atoms with Gasteiger partial charge in [-0.2, -0.15) is 0 Å². The van der Waals surface area contributed by atoms with Crippen LogP contribution in [0.5, 0.6) is 5.75 Å². The van der Waals surface area contributed by atoms with Gasteiger partial charge in [0, 0.05) is 18.7 Å². The largest absolute Gasteiger partial charge is 0.481 e. The van der Waals surface area contributed by atoms with Crippen LogP contribution in [0.3, 0.4) is 0 Å². The minimum atomic E-state index is 0.330. The third kappa shape index (κ3) is 4.01. The molecule has 2 heteroatoms. The molecule has 2 rings (SSSR count). The molecule has 1 N–H and O–H groups in total. The van der Waals surface area contributed by atoms with Gasteiger partial charge in [-0.05, 0) is 30.7 Å². The first-order chi connectivity index (χ1) is 9.29. The lowest BCUT2D eigenvalue weighted by Gasteiger charge is -2.16. The lowest BCUT2D eigenvalue weighted by molar-refractivity contribution is 0.362. The van der Waals surface area contributed by atoms with Gasteiger partial charge in [-0.3, -0.25) is 0 Å². The normalized spacial score (nSPS) is 15.8. The van der Waals surface area contributed by atoms with Crippen LogP contribution in [0.1, 0.15) is 38.2 Å². The van der Waals surface area contributed by atoms with Gasteiger partial charge < -0.3 is 10.1 Å². The summed E-state index contributed by atoms with van der Waals surface area (Å²) >= 11 is 0. The van der Waals surface area contributed by atoms with E-state index in [9.17, 15) is 0 Å². The van der Waals surface area contributed by atoms with Gasteiger partial charge in [-0.15, -0.1) is 6.42 Å². The van der Waals surface area contributed by atoms with Crippen molar-refractivity contribution < 1.29 is 4.74 Å². The molecule has 1 aliphatic rings. The van der Waals surface area contributed by atoms with Crippen molar-refractivity contribution in [3.05, 3.63) is 29.8 Å². The Hall–Kier alpha value is -1.46. The number of para-hydroxylation sites is 1. The van der Waals surface area contributed by atoms with E-state index in [-0.39, 0.29) is 0 Å². The van der Waals surface area contributed by atoms with Gasteiger partial charge >= 0.3 is 0 Å². The molecule has 1 saturated carbocycles.